The van der Waals surface area contributed by atoms with Gasteiger partial charge in [-0.3, -0.25) is 9.78 Å². The summed E-state index contributed by atoms with van der Waals surface area (Å²) in [4.78, 5) is 22.7. The molecule has 3 heterocycles. The molecule has 0 saturated heterocycles. The lowest BCUT2D eigenvalue weighted by atomic mass is 10.1. The summed E-state index contributed by atoms with van der Waals surface area (Å²) in [6.45, 7) is -0.00798. The standard InChI is InChI=1S/C17H14ClF4N5O/c1-8(16(28)26-7-17(20,21)22)27-10-2-9(3-23-4-10)11-5-24-15-13(11)14(19)12(18)6-25-15/h2-6,8,27H,7H2,1H3,(H,24,25)(H,26,28)/t8-/m1/s1. The molecular formula is C17H14ClF4N5O. The van der Waals surface area contributed by atoms with Gasteiger partial charge in [0.05, 0.1) is 22.3 Å². The van der Waals surface area contributed by atoms with Crippen LogP contribution < -0.4 is 10.6 Å². The summed E-state index contributed by atoms with van der Waals surface area (Å²) in [5, 5.41) is 4.61. The Hall–Kier alpha value is -2.88. The molecule has 28 heavy (non-hydrogen) atoms. The second-order valence-electron chi connectivity index (χ2n) is 6.01. The lowest BCUT2D eigenvalue weighted by Crippen LogP contribution is -2.42. The number of nitrogens with one attached hydrogen (secondary N) is 3. The molecule has 3 aromatic heterocycles. The van der Waals surface area contributed by atoms with Gasteiger partial charge in [-0.25, -0.2) is 9.37 Å². The first-order chi connectivity index (χ1) is 13.2. The van der Waals surface area contributed by atoms with Crippen molar-refractivity contribution in [3.63, 3.8) is 0 Å². The summed E-state index contributed by atoms with van der Waals surface area (Å²) >= 11 is 5.80. The zero-order valence-corrected chi connectivity index (χ0v) is 15.1. The Bertz CT molecular complexity index is 1020. The highest BCUT2D eigenvalue weighted by Crippen LogP contribution is 2.33. The van der Waals surface area contributed by atoms with E-state index in [2.05, 4.69) is 20.3 Å². The number of alkyl halides is 3. The molecule has 1 atom stereocenters. The number of hydrogen-bond acceptors (Lipinski definition) is 4. The lowest BCUT2D eigenvalue weighted by molar-refractivity contribution is -0.138. The van der Waals surface area contributed by atoms with E-state index in [0.29, 0.717) is 22.5 Å². The first kappa shape index (κ1) is 19.9. The van der Waals surface area contributed by atoms with Crippen molar-refractivity contribution in [3.05, 3.63) is 41.7 Å². The minimum absolute atomic E-state index is 0.134. The monoisotopic (exact) mass is 415 g/mol. The van der Waals surface area contributed by atoms with Gasteiger partial charge in [0.25, 0.3) is 0 Å². The molecule has 0 bridgehead atoms. The van der Waals surface area contributed by atoms with Crippen molar-refractivity contribution >= 4 is 34.2 Å². The smallest absolute Gasteiger partial charge is 0.373 e. The number of hydrogen-bond donors (Lipinski definition) is 3. The number of aromatic amines is 1. The first-order valence-electron chi connectivity index (χ1n) is 8.03. The molecule has 3 aromatic rings. The van der Waals surface area contributed by atoms with Crippen LogP contribution in [-0.4, -0.2) is 39.6 Å². The lowest BCUT2D eigenvalue weighted by Gasteiger charge is -2.16. The van der Waals surface area contributed by atoms with Crippen molar-refractivity contribution in [3.8, 4) is 11.1 Å². The zero-order chi connectivity index (χ0) is 20.5. The maximum atomic E-state index is 14.4. The highest BCUT2D eigenvalue weighted by molar-refractivity contribution is 6.31. The SMILES string of the molecule is C[C@@H](Nc1cncc(-c2c[nH]c3ncc(Cl)c(F)c23)c1)C(=O)NCC(F)(F)F. The van der Waals surface area contributed by atoms with Crippen LogP contribution in [0.3, 0.4) is 0 Å². The summed E-state index contributed by atoms with van der Waals surface area (Å²) in [7, 11) is 0. The molecule has 0 aromatic carbocycles. The molecule has 0 unspecified atom stereocenters. The molecule has 0 saturated carbocycles. The molecule has 0 radical (unpaired) electrons. The third-order valence-electron chi connectivity index (χ3n) is 3.88. The number of H-pyrrole nitrogens is 1. The Morgan fingerprint density at radius 3 is 2.79 bits per heavy atom. The van der Waals surface area contributed by atoms with E-state index in [4.69, 9.17) is 11.6 Å². The maximum absolute atomic E-state index is 14.4. The van der Waals surface area contributed by atoms with Gasteiger partial charge in [0.1, 0.15) is 18.2 Å². The van der Waals surface area contributed by atoms with Gasteiger partial charge in [-0.1, -0.05) is 11.6 Å². The minimum atomic E-state index is -4.49. The highest BCUT2D eigenvalue weighted by atomic mass is 35.5. The van der Waals surface area contributed by atoms with Crippen LogP contribution in [0.5, 0.6) is 0 Å². The summed E-state index contributed by atoms with van der Waals surface area (Å²) in [6, 6.07) is 0.638. The molecule has 148 valence electrons. The number of amides is 1. The average Bonchev–Trinajstić information content (AvgIpc) is 3.07. The summed E-state index contributed by atoms with van der Waals surface area (Å²) in [5.74, 6) is -1.46. The average molecular weight is 416 g/mol. The van der Waals surface area contributed by atoms with Crippen molar-refractivity contribution in [1.29, 1.82) is 0 Å². The molecule has 0 aliphatic heterocycles. The van der Waals surface area contributed by atoms with Gasteiger partial charge < -0.3 is 15.6 Å². The summed E-state index contributed by atoms with van der Waals surface area (Å²) in [6.07, 6.45) is 1.11. The fraction of sp³-hybridized carbons (Fsp3) is 0.235. The van der Waals surface area contributed by atoms with Gasteiger partial charge in [0.15, 0.2) is 5.82 Å². The van der Waals surface area contributed by atoms with Crippen LogP contribution in [0.2, 0.25) is 5.02 Å². The van der Waals surface area contributed by atoms with E-state index in [9.17, 15) is 22.4 Å². The Morgan fingerprint density at radius 2 is 2.07 bits per heavy atom. The summed E-state index contributed by atoms with van der Waals surface area (Å²) in [5.41, 5.74) is 1.63. The number of pyridine rings is 2. The third-order valence-corrected chi connectivity index (χ3v) is 4.15. The van der Waals surface area contributed by atoms with E-state index in [1.165, 1.54) is 31.7 Å². The Balaban J connectivity index is 1.82. The maximum Gasteiger partial charge on any atom is 0.405 e. The normalized spacial score (nSPS) is 12.8. The topological polar surface area (TPSA) is 82.7 Å². The predicted molar refractivity (Wildman–Crippen MR) is 96.4 cm³/mol. The van der Waals surface area contributed by atoms with Gasteiger partial charge in [0, 0.05) is 29.7 Å². The van der Waals surface area contributed by atoms with Crippen LogP contribution >= 0.6 is 11.6 Å². The fourth-order valence-electron chi connectivity index (χ4n) is 2.58. The van der Waals surface area contributed by atoms with E-state index in [-0.39, 0.29) is 10.4 Å². The molecule has 0 aliphatic rings. The molecule has 1 amide bonds. The van der Waals surface area contributed by atoms with Crippen LogP contribution in [0.15, 0.2) is 30.9 Å². The van der Waals surface area contributed by atoms with E-state index in [1.54, 1.807) is 11.4 Å². The van der Waals surface area contributed by atoms with Crippen LogP contribution in [0.25, 0.3) is 22.2 Å². The Labute approximate surface area is 161 Å². The number of halogens is 5. The second-order valence-corrected chi connectivity index (χ2v) is 6.41. The summed E-state index contributed by atoms with van der Waals surface area (Å²) < 4.78 is 51.0. The number of aromatic nitrogens is 3. The van der Waals surface area contributed by atoms with Crippen molar-refractivity contribution in [2.45, 2.75) is 19.1 Å². The van der Waals surface area contributed by atoms with Crippen molar-refractivity contribution in [2.75, 3.05) is 11.9 Å². The minimum Gasteiger partial charge on any atom is -0.373 e. The van der Waals surface area contributed by atoms with E-state index in [0.717, 1.165) is 0 Å². The van der Waals surface area contributed by atoms with Crippen LogP contribution in [0, 0.1) is 5.82 Å². The molecule has 0 aliphatic carbocycles. The Morgan fingerprint density at radius 1 is 1.32 bits per heavy atom. The molecule has 6 nitrogen and oxygen atoms in total. The predicted octanol–water partition coefficient (Wildman–Crippen LogP) is 3.90. The first-order valence-corrected chi connectivity index (χ1v) is 8.41. The molecule has 11 heteroatoms. The van der Waals surface area contributed by atoms with Gasteiger partial charge >= 0.3 is 6.18 Å². The van der Waals surface area contributed by atoms with Crippen LogP contribution in [0.1, 0.15) is 6.92 Å². The van der Waals surface area contributed by atoms with E-state index < -0.39 is 30.5 Å². The van der Waals surface area contributed by atoms with Gasteiger partial charge in [-0.15, -0.1) is 0 Å². The fourth-order valence-corrected chi connectivity index (χ4v) is 2.73. The number of nitrogens with zero attached hydrogens (tertiary/aromatic N) is 2. The van der Waals surface area contributed by atoms with Crippen molar-refractivity contribution < 1.29 is 22.4 Å². The van der Waals surface area contributed by atoms with Crippen molar-refractivity contribution in [1.82, 2.24) is 20.3 Å². The van der Waals surface area contributed by atoms with E-state index in [1.807, 2.05) is 0 Å². The third kappa shape index (κ3) is 4.33. The number of carbonyl (C=O) groups excluding carboxylic acids is 1. The largest absolute Gasteiger partial charge is 0.405 e. The second kappa shape index (κ2) is 7.63. The zero-order valence-electron chi connectivity index (χ0n) is 14.4. The van der Waals surface area contributed by atoms with Gasteiger partial charge in [-0.2, -0.15) is 13.2 Å². The number of fused-ring (bicyclic) bond motifs is 1. The Kier molecular flexibility index (Phi) is 5.41. The molecular weight excluding hydrogens is 402 g/mol. The number of anilines is 1. The highest BCUT2D eigenvalue weighted by Gasteiger charge is 2.28. The molecule has 0 spiro atoms. The number of rotatable bonds is 5. The van der Waals surface area contributed by atoms with E-state index >= 15 is 0 Å². The van der Waals surface area contributed by atoms with Crippen LogP contribution in [0.4, 0.5) is 23.2 Å². The molecule has 3 N–H and O–H groups in total. The van der Waals surface area contributed by atoms with Crippen molar-refractivity contribution in [2.24, 2.45) is 0 Å². The van der Waals surface area contributed by atoms with Gasteiger partial charge in [0.2, 0.25) is 5.91 Å². The number of carbonyl (C=O) groups is 1. The molecule has 3 rings (SSSR count). The van der Waals surface area contributed by atoms with Crippen LogP contribution in [-0.2, 0) is 4.79 Å². The quantitative estimate of drug-likeness (QED) is 0.552. The van der Waals surface area contributed by atoms with Gasteiger partial charge in [-0.05, 0) is 13.0 Å². The molecule has 0 fully saturated rings.